The van der Waals surface area contributed by atoms with Crippen molar-refractivity contribution in [3.63, 3.8) is 0 Å². The van der Waals surface area contributed by atoms with Gasteiger partial charge in [-0.25, -0.2) is 4.79 Å². The van der Waals surface area contributed by atoms with Crippen molar-refractivity contribution in [1.29, 1.82) is 0 Å². The second kappa shape index (κ2) is 11.7. The Balaban J connectivity index is 1.68. The summed E-state index contributed by atoms with van der Waals surface area (Å²) >= 11 is 0. The van der Waals surface area contributed by atoms with Crippen molar-refractivity contribution in [3.05, 3.63) is 57.8 Å². The molecule has 1 aliphatic rings. The molecule has 11 nitrogen and oxygen atoms in total. The molecule has 0 bridgehead atoms. The zero-order valence-electron chi connectivity index (χ0n) is 21.0. The molecule has 192 valence electrons. The van der Waals surface area contributed by atoms with Crippen LogP contribution in [-0.2, 0) is 0 Å². The molecule has 2 unspecified atom stereocenters. The molecule has 1 N–H and O–H groups in total. The predicted molar refractivity (Wildman–Crippen MR) is 134 cm³/mol. The van der Waals surface area contributed by atoms with E-state index in [1.54, 1.807) is 0 Å². The number of nitrogens with zero attached hydrogens (tertiary/aromatic N) is 5. The number of amides is 4. The number of carbonyl (C=O) groups excluding carboxylic acids is 3. The molecular weight excluding hydrogens is 464 g/mol. The number of nitro groups is 1. The minimum atomic E-state index is -0.748. The number of anilines is 1. The van der Waals surface area contributed by atoms with Crippen molar-refractivity contribution >= 4 is 29.4 Å². The molecule has 0 spiro atoms. The number of para-hydroxylation sites is 1. The number of rotatable bonds is 9. The van der Waals surface area contributed by atoms with Crippen molar-refractivity contribution in [2.45, 2.75) is 53.0 Å². The Hall–Kier alpha value is -3.89. The number of hydrogen-bond donors (Lipinski definition) is 1. The van der Waals surface area contributed by atoms with Gasteiger partial charge in [-0.1, -0.05) is 32.9 Å². The fraction of sp³-hybridized carbons (Fsp3) is 0.480. The summed E-state index contributed by atoms with van der Waals surface area (Å²) in [7, 11) is 0. The fourth-order valence-corrected chi connectivity index (χ4v) is 4.54. The number of carbonyl (C=O) groups is 3. The third kappa shape index (κ3) is 6.41. The molecular formula is C25H32N6O5. The van der Waals surface area contributed by atoms with Crippen LogP contribution in [-0.4, -0.2) is 57.0 Å². The highest BCUT2D eigenvalue weighted by atomic mass is 16.6. The SMILES string of the molecule is CC(C)CC(C)CC(C)NC(=O)c1ccc(N2CCCN(C(=O)c3ccccc3[N+](=O)[O-])C2=O)nn1. The number of hydrogen-bond acceptors (Lipinski definition) is 7. The van der Waals surface area contributed by atoms with E-state index in [-0.39, 0.29) is 41.3 Å². The second-order valence-electron chi connectivity index (χ2n) is 9.64. The van der Waals surface area contributed by atoms with Crippen molar-refractivity contribution in [1.82, 2.24) is 20.4 Å². The van der Waals surface area contributed by atoms with E-state index in [1.165, 1.54) is 41.3 Å². The van der Waals surface area contributed by atoms with E-state index in [0.717, 1.165) is 17.7 Å². The van der Waals surface area contributed by atoms with E-state index >= 15 is 0 Å². The maximum Gasteiger partial charge on any atom is 0.332 e. The van der Waals surface area contributed by atoms with Gasteiger partial charge in [-0.3, -0.25) is 29.5 Å². The predicted octanol–water partition coefficient (Wildman–Crippen LogP) is 4.05. The zero-order valence-corrected chi connectivity index (χ0v) is 21.0. The first-order valence-electron chi connectivity index (χ1n) is 12.1. The highest BCUT2D eigenvalue weighted by Gasteiger charge is 2.35. The molecule has 2 atom stereocenters. The first-order chi connectivity index (χ1) is 17.1. The Morgan fingerprint density at radius 3 is 2.42 bits per heavy atom. The van der Waals surface area contributed by atoms with Gasteiger partial charge in [-0.2, -0.15) is 0 Å². The van der Waals surface area contributed by atoms with E-state index in [4.69, 9.17) is 0 Å². The topological polar surface area (TPSA) is 139 Å². The third-order valence-corrected chi connectivity index (χ3v) is 5.97. The summed E-state index contributed by atoms with van der Waals surface area (Å²) in [6.45, 7) is 8.88. The van der Waals surface area contributed by atoms with Gasteiger partial charge < -0.3 is 5.32 Å². The van der Waals surface area contributed by atoms with Crippen LogP contribution in [0.15, 0.2) is 36.4 Å². The number of urea groups is 1. The van der Waals surface area contributed by atoms with Crippen LogP contribution < -0.4 is 10.2 Å². The molecule has 0 saturated carbocycles. The Morgan fingerprint density at radius 2 is 1.78 bits per heavy atom. The van der Waals surface area contributed by atoms with Gasteiger partial charge in [0.25, 0.3) is 17.5 Å². The molecule has 0 aliphatic carbocycles. The summed E-state index contributed by atoms with van der Waals surface area (Å²) in [5.74, 6) is 0.156. The van der Waals surface area contributed by atoms with Gasteiger partial charge in [0, 0.05) is 25.2 Å². The molecule has 2 aromatic rings. The maximum atomic E-state index is 13.1. The molecule has 1 aliphatic heterocycles. The summed E-state index contributed by atoms with van der Waals surface area (Å²) in [5, 5.41) is 22.3. The van der Waals surface area contributed by atoms with Crippen LogP contribution in [0, 0.1) is 22.0 Å². The number of nitro benzene ring substituents is 1. The zero-order chi connectivity index (χ0) is 26.4. The fourth-order valence-electron chi connectivity index (χ4n) is 4.54. The number of benzene rings is 1. The number of aromatic nitrogens is 2. The van der Waals surface area contributed by atoms with Crippen molar-refractivity contribution in [2.75, 3.05) is 18.0 Å². The lowest BCUT2D eigenvalue weighted by Crippen LogP contribution is -2.52. The quantitative estimate of drug-likeness (QED) is 0.408. The van der Waals surface area contributed by atoms with Crippen LogP contribution in [0.3, 0.4) is 0 Å². The Bertz CT molecular complexity index is 1120. The lowest BCUT2D eigenvalue weighted by molar-refractivity contribution is -0.385. The second-order valence-corrected chi connectivity index (χ2v) is 9.64. The molecule has 3 rings (SSSR count). The van der Waals surface area contributed by atoms with Crippen molar-refractivity contribution in [2.24, 2.45) is 11.8 Å². The van der Waals surface area contributed by atoms with Crippen molar-refractivity contribution in [3.8, 4) is 0 Å². The van der Waals surface area contributed by atoms with Gasteiger partial charge in [-0.15, -0.1) is 10.2 Å². The van der Waals surface area contributed by atoms with E-state index in [1.807, 2.05) is 6.92 Å². The first kappa shape index (κ1) is 26.7. The van der Waals surface area contributed by atoms with Gasteiger partial charge in [0.15, 0.2) is 11.5 Å². The first-order valence-corrected chi connectivity index (χ1v) is 12.1. The summed E-state index contributed by atoms with van der Waals surface area (Å²) in [5.41, 5.74) is -0.401. The Kier molecular flexibility index (Phi) is 8.68. The summed E-state index contributed by atoms with van der Waals surface area (Å²) in [6, 6.07) is 7.82. The van der Waals surface area contributed by atoms with Crippen LogP contribution in [0.4, 0.5) is 16.3 Å². The Morgan fingerprint density at radius 1 is 1.06 bits per heavy atom. The van der Waals surface area contributed by atoms with E-state index in [0.29, 0.717) is 24.8 Å². The van der Waals surface area contributed by atoms with Crippen LogP contribution in [0.2, 0.25) is 0 Å². The lowest BCUT2D eigenvalue weighted by atomic mass is 9.93. The minimum absolute atomic E-state index is 0.0296. The van der Waals surface area contributed by atoms with Gasteiger partial charge >= 0.3 is 6.03 Å². The maximum absolute atomic E-state index is 13.1. The highest BCUT2D eigenvalue weighted by Crippen LogP contribution is 2.24. The molecule has 2 heterocycles. The van der Waals surface area contributed by atoms with Crippen LogP contribution in [0.25, 0.3) is 0 Å². The smallest absolute Gasteiger partial charge is 0.332 e. The molecule has 4 amide bonds. The van der Waals surface area contributed by atoms with Crippen LogP contribution in [0.1, 0.15) is 67.8 Å². The molecule has 1 aromatic heterocycles. The largest absolute Gasteiger partial charge is 0.348 e. The molecule has 1 fully saturated rings. The van der Waals surface area contributed by atoms with E-state index in [9.17, 15) is 24.5 Å². The van der Waals surface area contributed by atoms with Gasteiger partial charge in [0.2, 0.25) is 0 Å². The average molecular weight is 497 g/mol. The lowest BCUT2D eigenvalue weighted by Gasteiger charge is -2.33. The van der Waals surface area contributed by atoms with Gasteiger partial charge in [0.1, 0.15) is 5.56 Å². The van der Waals surface area contributed by atoms with Crippen molar-refractivity contribution < 1.29 is 19.3 Å². The number of imide groups is 1. The summed E-state index contributed by atoms with van der Waals surface area (Å²) in [4.78, 5) is 51.6. The molecule has 1 saturated heterocycles. The summed E-state index contributed by atoms with van der Waals surface area (Å²) < 4.78 is 0. The van der Waals surface area contributed by atoms with Gasteiger partial charge in [-0.05, 0) is 56.2 Å². The normalized spacial score (nSPS) is 15.5. The molecule has 11 heteroatoms. The van der Waals surface area contributed by atoms with E-state index < -0.39 is 16.9 Å². The highest BCUT2D eigenvalue weighted by molar-refractivity contribution is 6.10. The Labute approximate surface area is 210 Å². The molecule has 0 radical (unpaired) electrons. The molecule has 1 aromatic carbocycles. The third-order valence-electron chi connectivity index (χ3n) is 5.97. The standard InChI is InChI=1S/C25H32N6O5/c1-16(2)14-17(3)15-18(4)26-23(32)20-10-11-22(28-27-20)29-12-7-13-30(25(29)34)24(33)19-8-5-6-9-21(19)31(35)36/h5-6,8-11,16-18H,7,12-15H2,1-4H3,(H,26,32). The number of nitrogens with one attached hydrogen (secondary N) is 1. The van der Waals surface area contributed by atoms with Crippen LogP contribution >= 0.6 is 0 Å². The monoisotopic (exact) mass is 496 g/mol. The van der Waals surface area contributed by atoms with E-state index in [2.05, 4.69) is 36.3 Å². The molecule has 36 heavy (non-hydrogen) atoms. The average Bonchev–Trinajstić information content (AvgIpc) is 2.83. The summed E-state index contributed by atoms with van der Waals surface area (Å²) in [6.07, 6.45) is 2.38. The van der Waals surface area contributed by atoms with Gasteiger partial charge in [0.05, 0.1) is 4.92 Å². The van der Waals surface area contributed by atoms with Crippen LogP contribution in [0.5, 0.6) is 0 Å². The minimum Gasteiger partial charge on any atom is -0.348 e.